The average Bonchev–Trinajstić information content (AvgIpc) is 2.52. The van der Waals surface area contributed by atoms with Crippen LogP contribution >= 0.6 is 12.2 Å². The second kappa shape index (κ2) is 3.80. The first kappa shape index (κ1) is 9.21. The molecule has 1 aromatic heterocycles. The number of nitrogens with zero attached hydrogens (tertiary/aromatic N) is 1. The van der Waals surface area contributed by atoms with Crippen LogP contribution in [0.2, 0.25) is 0 Å². The van der Waals surface area contributed by atoms with Gasteiger partial charge >= 0.3 is 0 Å². The van der Waals surface area contributed by atoms with E-state index in [-0.39, 0.29) is 0 Å². The minimum Gasteiger partial charge on any atom is -0.337 e. The number of rotatable bonds is 2. The molecule has 3 heteroatoms. The van der Waals surface area contributed by atoms with Gasteiger partial charge in [0.2, 0.25) is 0 Å². The Morgan fingerprint density at radius 2 is 2.00 bits per heavy atom. The van der Waals surface area contributed by atoms with E-state index in [4.69, 9.17) is 12.2 Å². The molecule has 0 spiro atoms. The summed E-state index contributed by atoms with van der Waals surface area (Å²) >= 11 is 5.10. The van der Waals surface area contributed by atoms with Gasteiger partial charge in [-0.05, 0) is 17.8 Å². The number of aromatic nitrogens is 2. The van der Waals surface area contributed by atoms with E-state index in [1.165, 1.54) is 11.3 Å². The maximum atomic E-state index is 5.10. The SMILES string of the molecule is Cn1c(Cc2ccccc2)c[nH]c1=S. The van der Waals surface area contributed by atoms with Crippen LogP contribution in [0.15, 0.2) is 36.5 Å². The Labute approximate surface area is 88.2 Å². The topological polar surface area (TPSA) is 20.7 Å². The Morgan fingerprint density at radius 3 is 2.57 bits per heavy atom. The van der Waals surface area contributed by atoms with E-state index in [2.05, 4.69) is 29.2 Å². The van der Waals surface area contributed by atoms with Crippen LogP contribution in [0.1, 0.15) is 11.3 Å². The summed E-state index contributed by atoms with van der Waals surface area (Å²) < 4.78 is 2.78. The van der Waals surface area contributed by atoms with E-state index in [0.29, 0.717) is 0 Å². The summed E-state index contributed by atoms with van der Waals surface area (Å²) in [5.41, 5.74) is 2.51. The molecule has 14 heavy (non-hydrogen) atoms. The van der Waals surface area contributed by atoms with Gasteiger partial charge < -0.3 is 9.55 Å². The van der Waals surface area contributed by atoms with Crippen LogP contribution in [0.3, 0.4) is 0 Å². The zero-order valence-electron chi connectivity index (χ0n) is 8.03. The highest BCUT2D eigenvalue weighted by molar-refractivity contribution is 7.71. The average molecular weight is 204 g/mol. The highest BCUT2D eigenvalue weighted by Crippen LogP contribution is 2.08. The Hall–Kier alpha value is -1.35. The predicted molar refractivity (Wildman–Crippen MR) is 59.8 cm³/mol. The molecule has 0 atom stereocenters. The van der Waals surface area contributed by atoms with Crippen molar-refractivity contribution in [2.24, 2.45) is 7.05 Å². The zero-order valence-corrected chi connectivity index (χ0v) is 8.84. The van der Waals surface area contributed by atoms with E-state index in [0.717, 1.165) is 11.2 Å². The molecule has 0 unspecified atom stereocenters. The van der Waals surface area contributed by atoms with E-state index < -0.39 is 0 Å². The molecule has 1 aromatic carbocycles. The van der Waals surface area contributed by atoms with E-state index in [9.17, 15) is 0 Å². The van der Waals surface area contributed by atoms with Gasteiger partial charge in [-0.1, -0.05) is 30.3 Å². The summed E-state index contributed by atoms with van der Waals surface area (Å²) in [6, 6.07) is 10.4. The largest absolute Gasteiger partial charge is 0.337 e. The van der Waals surface area contributed by atoms with Crippen molar-refractivity contribution in [2.45, 2.75) is 6.42 Å². The lowest BCUT2D eigenvalue weighted by Gasteiger charge is -2.01. The quantitative estimate of drug-likeness (QED) is 0.746. The summed E-state index contributed by atoms with van der Waals surface area (Å²) in [6.07, 6.45) is 2.89. The molecule has 72 valence electrons. The Morgan fingerprint density at radius 1 is 1.29 bits per heavy atom. The monoisotopic (exact) mass is 204 g/mol. The zero-order chi connectivity index (χ0) is 9.97. The molecule has 0 aliphatic heterocycles. The van der Waals surface area contributed by atoms with Crippen LogP contribution in [-0.4, -0.2) is 9.55 Å². The number of nitrogens with one attached hydrogen (secondary N) is 1. The molecular weight excluding hydrogens is 192 g/mol. The standard InChI is InChI=1S/C11H12N2S/c1-13-10(8-12-11(13)14)7-9-5-3-2-4-6-9/h2-6,8H,7H2,1H3,(H,12,14). The highest BCUT2D eigenvalue weighted by atomic mass is 32.1. The van der Waals surface area contributed by atoms with Crippen LogP contribution < -0.4 is 0 Å². The summed E-state index contributed by atoms with van der Waals surface area (Å²) in [5, 5.41) is 0. The first-order valence-electron chi connectivity index (χ1n) is 4.54. The number of hydrogen-bond donors (Lipinski definition) is 1. The van der Waals surface area contributed by atoms with Gasteiger partial charge in [0.25, 0.3) is 0 Å². The van der Waals surface area contributed by atoms with Gasteiger partial charge in [-0.2, -0.15) is 0 Å². The van der Waals surface area contributed by atoms with Crippen LogP contribution in [0.25, 0.3) is 0 Å². The molecule has 0 amide bonds. The first-order chi connectivity index (χ1) is 6.77. The van der Waals surface area contributed by atoms with E-state index in [1.807, 2.05) is 23.9 Å². The molecule has 0 radical (unpaired) electrons. The van der Waals surface area contributed by atoms with Crippen molar-refractivity contribution < 1.29 is 0 Å². The van der Waals surface area contributed by atoms with Gasteiger partial charge in [0.1, 0.15) is 0 Å². The third-order valence-electron chi connectivity index (χ3n) is 2.33. The van der Waals surface area contributed by atoms with Gasteiger partial charge in [-0.15, -0.1) is 0 Å². The lowest BCUT2D eigenvalue weighted by atomic mass is 10.1. The van der Waals surface area contributed by atoms with Crippen molar-refractivity contribution in [1.82, 2.24) is 9.55 Å². The second-order valence-corrected chi connectivity index (χ2v) is 3.69. The predicted octanol–water partition coefficient (Wildman–Crippen LogP) is 2.67. The normalized spacial score (nSPS) is 10.4. The molecular formula is C11H12N2S. The Balaban J connectivity index is 2.28. The number of benzene rings is 1. The van der Waals surface area contributed by atoms with Gasteiger partial charge in [-0.25, -0.2) is 0 Å². The van der Waals surface area contributed by atoms with Crippen molar-refractivity contribution in [3.8, 4) is 0 Å². The van der Waals surface area contributed by atoms with E-state index in [1.54, 1.807) is 0 Å². The molecule has 0 aliphatic carbocycles. The van der Waals surface area contributed by atoms with Crippen LogP contribution in [0.5, 0.6) is 0 Å². The maximum absolute atomic E-state index is 5.10. The molecule has 0 fully saturated rings. The molecule has 0 aliphatic rings. The van der Waals surface area contributed by atoms with Crippen molar-refractivity contribution in [1.29, 1.82) is 0 Å². The third kappa shape index (κ3) is 1.77. The van der Waals surface area contributed by atoms with Crippen LogP contribution in [0, 0.1) is 4.77 Å². The van der Waals surface area contributed by atoms with Gasteiger partial charge in [0, 0.05) is 25.4 Å². The molecule has 2 aromatic rings. The summed E-state index contributed by atoms with van der Waals surface area (Å²) in [4.78, 5) is 3.03. The van der Waals surface area contributed by atoms with Crippen molar-refractivity contribution in [3.63, 3.8) is 0 Å². The molecule has 0 saturated heterocycles. The lowest BCUT2D eigenvalue weighted by Crippen LogP contribution is -1.96. The molecule has 0 bridgehead atoms. The third-order valence-corrected chi connectivity index (χ3v) is 2.72. The minimum absolute atomic E-state index is 0.774. The summed E-state index contributed by atoms with van der Waals surface area (Å²) in [7, 11) is 1.98. The molecule has 1 heterocycles. The fraction of sp³-hybridized carbons (Fsp3) is 0.182. The fourth-order valence-corrected chi connectivity index (χ4v) is 1.62. The van der Waals surface area contributed by atoms with Gasteiger partial charge in [0.15, 0.2) is 4.77 Å². The van der Waals surface area contributed by atoms with Crippen molar-refractivity contribution in [2.75, 3.05) is 0 Å². The smallest absolute Gasteiger partial charge is 0.177 e. The number of aromatic amines is 1. The highest BCUT2D eigenvalue weighted by Gasteiger charge is 2.00. The summed E-state index contributed by atoms with van der Waals surface area (Å²) in [5.74, 6) is 0. The van der Waals surface area contributed by atoms with Crippen LogP contribution in [0.4, 0.5) is 0 Å². The van der Waals surface area contributed by atoms with Gasteiger partial charge in [-0.3, -0.25) is 0 Å². The minimum atomic E-state index is 0.774. The Kier molecular flexibility index (Phi) is 2.50. The second-order valence-electron chi connectivity index (χ2n) is 3.31. The van der Waals surface area contributed by atoms with Crippen LogP contribution in [-0.2, 0) is 13.5 Å². The fourth-order valence-electron chi connectivity index (χ4n) is 1.44. The number of H-pyrrole nitrogens is 1. The van der Waals surface area contributed by atoms with E-state index >= 15 is 0 Å². The van der Waals surface area contributed by atoms with Gasteiger partial charge in [0.05, 0.1) is 0 Å². The summed E-state index contributed by atoms with van der Waals surface area (Å²) in [6.45, 7) is 0. The number of imidazole rings is 1. The molecule has 0 saturated carbocycles. The maximum Gasteiger partial charge on any atom is 0.177 e. The first-order valence-corrected chi connectivity index (χ1v) is 4.95. The lowest BCUT2D eigenvalue weighted by molar-refractivity contribution is 0.831. The van der Waals surface area contributed by atoms with Crippen molar-refractivity contribution >= 4 is 12.2 Å². The van der Waals surface area contributed by atoms with Crippen molar-refractivity contribution in [3.05, 3.63) is 52.6 Å². The number of hydrogen-bond acceptors (Lipinski definition) is 1. The molecule has 2 nitrogen and oxygen atoms in total. The molecule has 2 rings (SSSR count). The molecule has 1 N–H and O–H groups in total. The Bertz CT molecular complexity index is 468.